The number of rotatable bonds is 4. The topological polar surface area (TPSA) is 26.3 Å². The Morgan fingerprint density at radius 2 is 2.24 bits per heavy atom. The molecule has 0 fully saturated rings. The lowest BCUT2D eigenvalue weighted by molar-refractivity contribution is -0.137. The average molecular weight is 246 g/mol. The first-order valence-electron chi connectivity index (χ1n) is 5.60. The third kappa shape index (κ3) is 3.17. The van der Waals surface area contributed by atoms with E-state index in [9.17, 15) is 4.79 Å². The third-order valence-corrected chi connectivity index (χ3v) is 3.47. The highest BCUT2D eigenvalue weighted by Gasteiger charge is 1.99. The fraction of sp³-hybridized carbons (Fsp3) is 0.214. The predicted molar refractivity (Wildman–Crippen MR) is 71.3 cm³/mol. The molecule has 2 nitrogen and oxygen atoms in total. The third-order valence-electron chi connectivity index (χ3n) is 2.34. The first kappa shape index (κ1) is 11.9. The van der Waals surface area contributed by atoms with Crippen LogP contribution in [-0.2, 0) is 16.0 Å². The Labute approximate surface area is 105 Å². The molecule has 1 heterocycles. The molecule has 0 amide bonds. The maximum absolute atomic E-state index is 11.1. The maximum atomic E-state index is 11.1. The van der Waals surface area contributed by atoms with Crippen LogP contribution < -0.4 is 0 Å². The van der Waals surface area contributed by atoms with Gasteiger partial charge < -0.3 is 4.74 Å². The van der Waals surface area contributed by atoms with Crippen LogP contribution in [0.1, 0.15) is 11.8 Å². The van der Waals surface area contributed by atoms with Crippen molar-refractivity contribution < 1.29 is 9.53 Å². The van der Waals surface area contributed by atoms with Crippen LogP contribution in [0.2, 0.25) is 0 Å². The van der Waals surface area contributed by atoms with E-state index < -0.39 is 0 Å². The first-order valence-corrected chi connectivity index (χ1v) is 6.42. The number of hydrogen-bond acceptors (Lipinski definition) is 3. The van der Waals surface area contributed by atoms with Gasteiger partial charge in [0, 0.05) is 22.1 Å². The second-order valence-corrected chi connectivity index (χ2v) is 4.78. The van der Waals surface area contributed by atoms with E-state index in [1.54, 1.807) is 18.3 Å². The molecular formula is C14H14O2S. The molecular weight excluding hydrogens is 232 g/mol. The molecule has 0 saturated carbocycles. The van der Waals surface area contributed by atoms with Gasteiger partial charge in [0.15, 0.2) is 0 Å². The molecule has 0 bridgehead atoms. The van der Waals surface area contributed by atoms with Gasteiger partial charge in [-0.05, 0) is 24.4 Å². The summed E-state index contributed by atoms with van der Waals surface area (Å²) in [4.78, 5) is 12.4. The van der Waals surface area contributed by atoms with Crippen LogP contribution in [0.25, 0.3) is 10.1 Å². The van der Waals surface area contributed by atoms with Crippen molar-refractivity contribution in [3.05, 3.63) is 47.4 Å². The molecule has 0 N–H and O–H groups in total. The number of benzene rings is 1. The molecule has 1 aromatic carbocycles. The second-order valence-electron chi connectivity index (χ2n) is 3.61. The average Bonchev–Trinajstić information content (AvgIpc) is 2.71. The van der Waals surface area contributed by atoms with E-state index in [-0.39, 0.29) is 5.97 Å². The molecule has 17 heavy (non-hydrogen) atoms. The summed E-state index contributed by atoms with van der Waals surface area (Å²) in [7, 11) is 0. The molecule has 0 aliphatic carbocycles. The Kier molecular flexibility index (Phi) is 3.94. The standard InChI is InChI=1S/C14H14O2S/c1-2-16-14(15)9-5-7-12-10-11-6-3-4-8-13(11)17-12/h3-6,8-10H,2,7H2,1H3. The molecule has 2 rings (SSSR count). The zero-order chi connectivity index (χ0) is 12.1. The number of carbonyl (C=O) groups is 1. The molecule has 0 saturated heterocycles. The van der Waals surface area contributed by atoms with E-state index in [0.29, 0.717) is 6.61 Å². The largest absolute Gasteiger partial charge is 0.463 e. The first-order chi connectivity index (χ1) is 8.29. The highest BCUT2D eigenvalue weighted by Crippen LogP contribution is 2.25. The number of ether oxygens (including phenoxy) is 1. The molecule has 1 aromatic heterocycles. The predicted octanol–water partition coefficient (Wildman–Crippen LogP) is 3.56. The van der Waals surface area contributed by atoms with Gasteiger partial charge in [-0.15, -0.1) is 11.3 Å². The van der Waals surface area contributed by atoms with E-state index in [2.05, 4.69) is 18.2 Å². The van der Waals surface area contributed by atoms with Gasteiger partial charge >= 0.3 is 5.97 Å². The van der Waals surface area contributed by atoms with Gasteiger partial charge in [-0.2, -0.15) is 0 Å². The lowest BCUT2D eigenvalue weighted by Crippen LogP contribution is -1.98. The van der Waals surface area contributed by atoms with E-state index >= 15 is 0 Å². The Balaban J connectivity index is 2.01. The number of hydrogen-bond donors (Lipinski definition) is 0. The summed E-state index contributed by atoms with van der Waals surface area (Å²) in [5.74, 6) is -0.270. The SMILES string of the molecule is CCOC(=O)C=CCc1cc2ccccc2s1. The summed E-state index contributed by atoms with van der Waals surface area (Å²) in [6.45, 7) is 2.23. The highest BCUT2D eigenvalue weighted by molar-refractivity contribution is 7.19. The minimum absolute atomic E-state index is 0.270. The molecule has 3 heteroatoms. The van der Waals surface area contributed by atoms with Crippen LogP contribution >= 0.6 is 11.3 Å². The molecule has 0 radical (unpaired) electrons. The lowest BCUT2D eigenvalue weighted by atomic mass is 10.2. The van der Waals surface area contributed by atoms with E-state index in [1.807, 2.05) is 18.2 Å². The van der Waals surface area contributed by atoms with Crippen molar-refractivity contribution in [3.8, 4) is 0 Å². The van der Waals surface area contributed by atoms with Crippen molar-refractivity contribution in [2.24, 2.45) is 0 Å². The number of thiophene rings is 1. The number of allylic oxidation sites excluding steroid dienone is 1. The van der Waals surface area contributed by atoms with Crippen molar-refractivity contribution >= 4 is 27.4 Å². The molecule has 2 aromatic rings. The minimum atomic E-state index is -0.270. The number of fused-ring (bicyclic) bond motifs is 1. The Morgan fingerprint density at radius 3 is 3.00 bits per heavy atom. The van der Waals surface area contributed by atoms with Crippen LogP contribution in [0.3, 0.4) is 0 Å². The van der Waals surface area contributed by atoms with Crippen molar-refractivity contribution in [3.63, 3.8) is 0 Å². The molecule has 88 valence electrons. The van der Waals surface area contributed by atoms with Crippen molar-refractivity contribution in [2.45, 2.75) is 13.3 Å². The fourth-order valence-corrected chi connectivity index (χ4v) is 2.64. The lowest BCUT2D eigenvalue weighted by Gasteiger charge is -1.93. The van der Waals surface area contributed by atoms with E-state index in [0.717, 1.165) is 6.42 Å². The number of esters is 1. The van der Waals surface area contributed by atoms with E-state index in [4.69, 9.17) is 4.74 Å². The van der Waals surface area contributed by atoms with Crippen LogP contribution in [0, 0.1) is 0 Å². The molecule has 0 spiro atoms. The van der Waals surface area contributed by atoms with Gasteiger partial charge in [0.05, 0.1) is 6.61 Å². The summed E-state index contributed by atoms with van der Waals surface area (Å²) in [5.41, 5.74) is 0. The summed E-state index contributed by atoms with van der Waals surface area (Å²) in [6.07, 6.45) is 4.12. The summed E-state index contributed by atoms with van der Waals surface area (Å²) >= 11 is 1.76. The van der Waals surface area contributed by atoms with Crippen LogP contribution in [0.4, 0.5) is 0 Å². The number of carbonyl (C=O) groups excluding carboxylic acids is 1. The molecule has 0 unspecified atom stereocenters. The van der Waals surface area contributed by atoms with Crippen molar-refractivity contribution in [1.29, 1.82) is 0 Å². The Hall–Kier alpha value is -1.61. The Bertz CT molecular complexity index is 507. The zero-order valence-corrected chi connectivity index (χ0v) is 10.5. The van der Waals surface area contributed by atoms with Gasteiger partial charge in [-0.3, -0.25) is 0 Å². The summed E-state index contributed by atoms with van der Waals surface area (Å²) < 4.78 is 6.10. The fourth-order valence-electron chi connectivity index (χ4n) is 1.60. The van der Waals surface area contributed by atoms with Gasteiger partial charge in [0.1, 0.15) is 0 Å². The highest BCUT2D eigenvalue weighted by atomic mass is 32.1. The van der Waals surface area contributed by atoms with Gasteiger partial charge in [-0.1, -0.05) is 24.3 Å². The van der Waals surface area contributed by atoms with Crippen LogP contribution in [-0.4, -0.2) is 12.6 Å². The summed E-state index contributed by atoms with van der Waals surface area (Å²) in [5, 5.41) is 1.26. The molecule has 0 aliphatic rings. The maximum Gasteiger partial charge on any atom is 0.330 e. The van der Waals surface area contributed by atoms with E-state index in [1.165, 1.54) is 21.0 Å². The monoisotopic (exact) mass is 246 g/mol. The van der Waals surface area contributed by atoms with Crippen LogP contribution in [0.15, 0.2) is 42.5 Å². The van der Waals surface area contributed by atoms with Crippen molar-refractivity contribution in [1.82, 2.24) is 0 Å². The molecule has 0 atom stereocenters. The summed E-state index contributed by atoms with van der Waals surface area (Å²) in [6, 6.07) is 10.4. The Morgan fingerprint density at radius 1 is 1.41 bits per heavy atom. The quantitative estimate of drug-likeness (QED) is 0.609. The minimum Gasteiger partial charge on any atom is -0.463 e. The van der Waals surface area contributed by atoms with Gasteiger partial charge in [0.2, 0.25) is 0 Å². The second kappa shape index (κ2) is 5.64. The van der Waals surface area contributed by atoms with Crippen molar-refractivity contribution in [2.75, 3.05) is 6.61 Å². The van der Waals surface area contributed by atoms with Gasteiger partial charge in [-0.25, -0.2) is 4.79 Å². The smallest absolute Gasteiger partial charge is 0.330 e. The zero-order valence-electron chi connectivity index (χ0n) is 9.68. The molecule has 0 aliphatic heterocycles. The van der Waals surface area contributed by atoms with Gasteiger partial charge in [0.25, 0.3) is 0 Å². The normalized spacial score (nSPS) is 11.1. The van der Waals surface area contributed by atoms with Crippen LogP contribution in [0.5, 0.6) is 0 Å².